The molecule has 0 spiro atoms. The number of aromatic nitrogens is 3. The van der Waals surface area contributed by atoms with Crippen LogP contribution in [0.3, 0.4) is 0 Å². The summed E-state index contributed by atoms with van der Waals surface area (Å²) < 4.78 is 20.8. The van der Waals surface area contributed by atoms with Crippen molar-refractivity contribution in [3.63, 3.8) is 0 Å². The Morgan fingerprint density at radius 3 is 2.53 bits per heavy atom. The fourth-order valence-electron chi connectivity index (χ4n) is 4.08. The van der Waals surface area contributed by atoms with Crippen molar-refractivity contribution in [2.45, 2.75) is 19.9 Å². The average molecular weight is 433 g/mol. The van der Waals surface area contributed by atoms with Gasteiger partial charge in [0.1, 0.15) is 12.4 Å². The zero-order chi connectivity index (χ0) is 22.1. The van der Waals surface area contributed by atoms with Gasteiger partial charge in [-0.3, -0.25) is 4.79 Å². The molecule has 32 heavy (non-hydrogen) atoms. The van der Waals surface area contributed by atoms with Crippen molar-refractivity contribution in [3.05, 3.63) is 66.4 Å². The Morgan fingerprint density at radius 1 is 1.03 bits per heavy atom. The number of nitrogens with zero attached hydrogens (tertiary/aromatic N) is 5. The first kappa shape index (κ1) is 20.2. The van der Waals surface area contributed by atoms with E-state index in [-0.39, 0.29) is 18.3 Å². The van der Waals surface area contributed by atoms with Gasteiger partial charge in [0.2, 0.25) is 17.7 Å². The van der Waals surface area contributed by atoms with Crippen LogP contribution in [0, 0.1) is 5.82 Å². The highest BCUT2D eigenvalue weighted by molar-refractivity contribution is 5.86. The molecule has 0 saturated carbocycles. The molecule has 0 N–H and O–H groups in total. The molecule has 5 rings (SSSR count). The molecule has 1 saturated heterocycles. The van der Waals surface area contributed by atoms with Gasteiger partial charge in [-0.05, 0) is 47.9 Å². The predicted molar refractivity (Wildman–Crippen MR) is 120 cm³/mol. The third-order valence-corrected chi connectivity index (χ3v) is 5.92. The average Bonchev–Trinajstić information content (AvgIpc) is 3.47. The normalized spacial score (nSPS) is 14.3. The molecule has 0 radical (unpaired) electrons. The number of aryl methyl sites for hydroxylation is 1. The Morgan fingerprint density at radius 2 is 1.81 bits per heavy atom. The monoisotopic (exact) mass is 433 g/mol. The molecule has 2 aromatic heterocycles. The van der Waals surface area contributed by atoms with E-state index in [1.165, 1.54) is 12.1 Å². The van der Waals surface area contributed by atoms with Crippen LogP contribution in [-0.4, -0.2) is 51.8 Å². The van der Waals surface area contributed by atoms with Gasteiger partial charge in [0.15, 0.2) is 0 Å². The fourth-order valence-corrected chi connectivity index (χ4v) is 4.08. The molecule has 164 valence electrons. The summed E-state index contributed by atoms with van der Waals surface area (Å²) in [5.41, 5.74) is 2.77. The molecule has 0 bridgehead atoms. The van der Waals surface area contributed by atoms with Crippen LogP contribution in [0.4, 0.5) is 10.1 Å². The van der Waals surface area contributed by atoms with Gasteiger partial charge in [0, 0.05) is 55.6 Å². The van der Waals surface area contributed by atoms with E-state index in [0.717, 1.165) is 35.2 Å². The Hall–Kier alpha value is -3.68. The lowest BCUT2D eigenvalue weighted by Gasteiger charge is -2.36. The van der Waals surface area contributed by atoms with E-state index in [4.69, 9.17) is 4.42 Å². The number of benzene rings is 2. The summed E-state index contributed by atoms with van der Waals surface area (Å²) in [4.78, 5) is 17.1. The van der Waals surface area contributed by atoms with Crippen LogP contribution in [-0.2, 0) is 17.8 Å². The summed E-state index contributed by atoms with van der Waals surface area (Å²) in [5.74, 6) is 0.928. The molecule has 0 aliphatic carbocycles. The summed E-state index contributed by atoms with van der Waals surface area (Å²) in [6, 6.07) is 14.4. The van der Waals surface area contributed by atoms with Crippen molar-refractivity contribution in [2.75, 3.05) is 31.1 Å². The Bertz CT molecular complexity index is 1240. The second kappa shape index (κ2) is 8.45. The molecule has 8 heteroatoms. The van der Waals surface area contributed by atoms with Gasteiger partial charge in [-0.15, -0.1) is 10.2 Å². The van der Waals surface area contributed by atoms with Crippen LogP contribution in [0.2, 0.25) is 0 Å². The third kappa shape index (κ3) is 3.95. The van der Waals surface area contributed by atoms with Crippen LogP contribution >= 0.6 is 0 Å². The largest absolute Gasteiger partial charge is 0.421 e. The first-order valence-electron chi connectivity index (χ1n) is 10.8. The Kier molecular flexibility index (Phi) is 5.34. The standard InChI is InChI=1S/C24H24FN5O2/c1-2-22-26-27-24(32-22)18-4-3-17-9-10-30(21(17)15-18)16-23(31)29-13-11-28(12-14-29)20-7-5-19(25)6-8-20/h3-10,15H,2,11-14,16H2,1H3. The molecule has 1 aliphatic heterocycles. The Labute approximate surface area is 185 Å². The van der Waals surface area contributed by atoms with Crippen LogP contribution in [0.1, 0.15) is 12.8 Å². The molecular formula is C24H24FN5O2. The zero-order valence-electron chi connectivity index (χ0n) is 17.9. The van der Waals surface area contributed by atoms with Gasteiger partial charge in [0.05, 0.1) is 0 Å². The molecule has 3 heterocycles. The zero-order valence-corrected chi connectivity index (χ0v) is 17.9. The van der Waals surface area contributed by atoms with Gasteiger partial charge in [-0.25, -0.2) is 4.39 Å². The maximum atomic E-state index is 13.2. The van der Waals surface area contributed by atoms with Crippen molar-refractivity contribution >= 4 is 22.5 Å². The topological polar surface area (TPSA) is 67.4 Å². The van der Waals surface area contributed by atoms with Crippen LogP contribution in [0.15, 0.2) is 59.1 Å². The van der Waals surface area contributed by atoms with E-state index in [9.17, 15) is 9.18 Å². The minimum absolute atomic E-state index is 0.0812. The molecule has 0 atom stereocenters. The fraction of sp³-hybridized carbons (Fsp3) is 0.292. The van der Waals surface area contributed by atoms with E-state index >= 15 is 0 Å². The van der Waals surface area contributed by atoms with Crippen LogP contribution in [0.5, 0.6) is 0 Å². The lowest BCUT2D eigenvalue weighted by molar-refractivity contribution is -0.132. The second-order valence-corrected chi connectivity index (χ2v) is 7.92. The lowest BCUT2D eigenvalue weighted by Crippen LogP contribution is -2.49. The van der Waals surface area contributed by atoms with Crippen LogP contribution in [0.25, 0.3) is 22.4 Å². The Balaban J connectivity index is 1.27. The number of anilines is 1. The maximum absolute atomic E-state index is 13.2. The van der Waals surface area contributed by atoms with Crippen molar-refractivity contribution in [3.8, 4) is 11.5 Å². The highest BCUT2D eigenvalue weighted by Gasteiger charge is 2.22. The summed E-state index contributed by atoms with van der Waals surface area (Å²) in [7, 11) is 0. The van der Waals surface area contributed by atoms with Gasteiger partial charge in [0.25, 0.3) is 0 Å². The molecule has 1 amide bonds. The van der Waals surface area contributed by atoms with Crippen molar-refractivity contribution in [1.29, 1.82) is 0 Å². The van der Waals surface area contributed by atoms with E-state index in [0.29, 0.717) is 31.3 Å². The number of fused-ring (bicyclic) bond motifs is 1. The van der Waals surface area contributed by atoms with E-state index < -0.39 is 0 Å². The first-order valence-corrected chi connectivity index (χ1v) is 10.8. The highest BCUT2D eigenvalue weighted by Crippen LogP contribution is 2.25. The molecule has 2 aromatic carbocycles. The summed E-state index contributed by atoms with van der Waals surface area (Å²) in [5, 5.41) is 9.21. The molecular weight excluding hydrogens is 409 g/mol. The molecule has 1 aliphatic rings. The molecule has 7 nitrogen and oxygen atoms in total. The number of hydrogen-bond donors (Lipinski definition) is 0. The predicted octanol–water partition coefficient (Wildman–Crippen LogP) is 3.74. The molecule has 1 fully saturated rings. The number of halogens is 1. The minimum atomic E-state index is -0.241. The molecule has 4 aromatic rings. The lowest BCUT2D eigenvalue weighted by atomic mass is 10.1. The maximum Gasteiger partial charge on any atom is 0.247 e. The van der Waals surface area contributed by atoms with Crippen molar-refractivity contribution in [2.24, 2.45) is 0 Å². The first-order chi connectivity index (χ1) is 15.6. The van der Waals surface area contributed by atoms with Gasteiger partial charge in [-0.2, -0.15) is 0 Å². The van der Waals surface area contributed by atoms with Crippen molar-refractivity contribution < 1.29 is 13.6 Å². The number of hydrogen-bond acceptors (Lipinski definition) is 5. The number of carbonyl (C=O) groups is 1. The summed E-state index contributed by atoms with van der Waals surface area (Å²) >= 11 is 0. The van der Waals surface area contributed by atoms with E-state index in [1.807, 2.05) is 46.9 Å². The number of piperazine rings is 1. The SMILES string of the molecule is CCc1nnc(-c2ccc3ccn(CC(=O)N4CCN(c5ccc(F)cc5)CC4)c3c2)o1. The van der Waals surface area contributed by atoms with Crippen molar-refractivity contribution in [1.82, 2.24) is 19.7 Å². The smallest absolute Gasteiger partial charge is 0.247 e. The molecule has 0 unspecified atom stereocenters. The highest BCUT2D eigenvalue weighted by atomic mass is 19.1. The van der Waals surface area contributed by atoms with E-state index in [2.05, 4.69) is 15.1 Å². The summed E-state index contributed by atoms with van der Waals surface area (Å²) in [6.07, 6.45) is 2.63. The third-order valence-electron chi connectivity index (χ3n) is 5.92. The van der Waals surface area contributed by atoms with Gasteiger partial charge >= 0.3 is 0 Å². The number of carbonyl (C=O) groups excluding carboxylic acids is 1. The second-order valence-electron chi connectivity index (χ2n) is 7.92. The quantitative estimate of drug-likeness (QED) is 0.480. The number of amides is 1. The van der Waals surface area contributed by atoms with Crippen LogP contribution < -0.4 is 4.90 Å². The van der Waals surface area contributed by atoms with Gasteiger partial charge < -0.3 is 18.8 Å². The van der Waals surface area contributed by atoms with E-state index in [1.54, 1.807) is 12.1 Å². The number of rotatable bonds is 5. The minimum Gasteiger partial charge on any atom is -0.421 e. The summed E-state index contributed by atoms with van der Waals surface area (Å²) in [6.45, 7) is 4.98. The van der Waals surface area contributed by atoms with Gasteiger partial charge in [-0.1, -0.05) is 13.0 Å².